The third kappa shape index (κ3) is 4.89. The molecule has 0 aliphatic carbocycles. The Bertz CT molecular complexity index is 844. The van der Waals surface area contributed by atoms with Gasteiger partial charge in [-0.05, 0) is 32.0 Å². The molecule has 0 N–H and O–H groups in total. The molecule has 0 fully saturated rings. The van der Waals surface area contributed by atoms with Gasteiger partial charge in [0.1, 0.15) is 5.82 Å². The van der Waals surface area contributed by atoms with E-state index in [9.17, 15) is 14.0 Å². The molecule has 0 atom stereocenters. The van der Waals surface area contributed by atoms with E-state index in [0.717, 1.165) is 15.0 Å². The number of hydrogen-bond acceptors (Lipinski definition) is 3. The Kier molecular flexibility index (Phi) is 6.72. The van der Waals surface area contributed by atoms with Crippen molar-refractivity contribution in [3.8, 4) is 0 Å². The molecule has 134 valence electrons. The van der Waals surface area contributed by atoms with E-state index in [4.69, 9.17) is 0 Å². The van der Waals surface area contributed by atoms with Crippen molar-refractivity contribution >= 4 is 33.2 Å². The molecule has 1 heterocycles. The first-order valence-corrected chi connectivity index (χ1v) is 9.44. The van der Waals surface area contributed by atoms with Gasteiger partial charge >= 0.3 is 4.87 Å². The molecule has 0 bridgehead atoms. The average molecular weight is 427 g/mol. The summed E-state index contributed by atoms with van der Waals surface area (Å²) in [4.78, 5) is 26.9. The van der Waals surface area contributed by atoms with Crippen LogP contribution >= 0.6 is 27.3 Å². The van der Waals surface area contributed by atoms with Gasteiger partial charge in [-0.15, -0.1) is 6.58 Å². The zero-order valence-corrected chi connectivity index (χ0v) is 16.6. The highest BCUT2D eigenvalue weighted by Crippen LogP contribution is 2.18. The van der Waals surface area contributed by atoms with E-state index in [2.05, 4.69) is 22.5 Å². The van der Waals surface area contributed by atoms with Crippen LogP contribution in [0.2, 0.25) is 0 Å². The average Bonchev–Trinajstić information content (AvgIpc) is 2.80. The lowest BCUT2D eigenvalue weighted by Gasteiger charge is -2.22. The number of amides is 1. The van der Waals surface area contributed by atoms with Gasteiger partial charge in [0.2, 0.25) is 5.91 Å². The SMILES string of the molecule is C=CCN(Cc1cc(Br)ccc1F)C(=O)CCn1c(C)c(C)sc1=O. The van der Waals surface area contributed by atoms with Crippen LogP contribution < -0.4 is 4.87 Å². The number of halogens is 2. The Labute approximate surface area is 158 Å². The predicted octanol–water partition coefficient (Wildman–Crippen LogP) is 4.03. The summed E-state index contributed by atoms with van der Waals surface area (Å²) in [5.74, 6) is -0.500. The number of thiazole rings is 1. The Morgan fingerprint density at radius 2 is 2.16 bits per heavy atom. The number of aryl methyl sites for hydroxylation is 1. The van der Waals surface area contributed by atoms with Crippen molar-refractivity contribution < 1.29 is 9.18 Å². The van der Waals surface area contributed by atoms with E-state index in [1.807, 2.05) is 13.8 Å². The van der Waals surface area contributed by atoms with E-state index >= 15 is 0 Å². The van der Waals surface area contributed by atoms with Gasteiger partial charge in [0.05, 0.1) is 0 Å². The predicted molar refractivity (Wildman–Crippen MR) is 102 cm³/mol. The first-order valence-electron chi connectivity index (χ1n) is 7.83. The fraction of sp³-hybridized carbons (Fsp3) is 0.333. The highest BCUT2D eigenvalue weighted by Gasteiger charge is 2.16. The van der Waals surface area contributed by atoms with Crippen LogP contribution in [0.4, 0.5) is 4.39 Å². The number of nitrogens with zero attached hydrogens (tertiary/aromatic N) is 2. The van der Waals surface area contributed by atoms with Gasteiger partial charge in [-0.2, -0.15) is 0 Å². The molecular formula is C18H20BrFN2O2S. The maximum atomic E-state index is 14.0. The molecule has 1 aromatic heterocycles. The number of rotatable bonds is 7. The Balaban J connectivity index is 2.11. The minimum atomic E-state index is -0.356. The van der Waals surface area contributed by atoms with E-state index < -0.39 is 0 Å². The molecule has 0 radical (unpaired) electrons. The standard InChI is InChI=1S/C18H20BrFN2O2S/c1-4-8-21(11-14-10-15(19)5-6-16(14)20)17(23)7-9-22-12(2)13(3)25-18(22)24/h4-6,10H,1,7-9,11H2,2-3H3. The van der Waals surface area contributed by atoms with Gasteiger partial charge in [-0.1, -0.05) is 33.3 Å². The second-order valence-electron chi connectivity index (χ2n) is 5.71. The number of carbonyl (C=O) groups excluding carboxylic acids is 1. The molecule has 0 aliphatic heterocycles. The first-order chi connectivity index (χ1) is 11.8. The summed E-state index contributed by atoms with van der Waals surface area (Å²) in [7, 11) is 0. The van der Waals surface area contributed by atoms with Crippen LogP contribution in [0.25, 0.3) is 0 Å². The maximum absolute atomic E-state index is 14.0. The third-order valence-electron chi connectivity index (χ3n) is 4.00. The summed E-state index contributed by atoms with van der Waals surface area (Å²) in [6.07, 6.45) is 1.79. The Morgan fingerprint density at radius 3 is 2.76 bits per heavy atom. The van der Waals surface area contributed by atoms with Crippen LogP contribution in [-0.2, 0) is 17.9 Å². The molecular weight excluding hydrogens is 407 g/mol. The molecule has 0 unspecified atom stereocenters. The number of aromatic nitrogens is 1. The zero-order chi connectivity index (χ0) is 18.6. The van der Waals surface area contributed by atoms with E-state index in [1.54, 1.807) is 22.8 Å². The van der Waals surface area contributed by atoms with Gasteiger partial charge in [0, 0.05) is 46.7 Å². The summed E-state index contributed by atoms with van der Waals surface area (Å²) >= 11 is 4.50. The number of hydrogen-bond donors (Lipinski definition) is 0. The van der Waals surface area contributed by atoms with Crippen molar-refractivity contribution in [3.63, 3.8) is 0 Å². The van der Waals surface area contributed by atoms with Crippen LogP contribution in [0.5, 0.6) is 0 Å². The van der Waals surface area contributed by atoms with E-state index in [0.29, 0.717) is 18.7 Å². The molecule has 25 heavy (non-hydrogen) atoms. The van der Waals surface area contributed by atoms with Crippen LogP contribution in [0.3, 0.4) is 0 Å². The summed E-state index contributed by atoms with van der Waals surface area (Å²) in [5, 5.41) is 0. The first kappa shape index (κ1) is 19.6. The smallest absolute Gasteiger partial charge is 0.307 e. The van der Waals surface area contributed by atoms with Crippen LogP contribution in [0, 0.1) is 19.7 Å². The quantitative estimate of drug-likeness (QED) is 0.627. The van der Waals surface area contributed by atoms with Crippen molar-refractivity contribution in [3.05, 3.63) is 66.9 Å². The van der Waals surface area contributed by atoms with Crippen molar-refractivity contribution in [2.45, 2.75) is 33.4 Å². The summed E-state index contributed by atoms with van der Waals surface area (Å²) in [6.45, 7) is 8.23. The molecule has 1 aromatic carbocycles. The monoisotopic (exact) mass is 426 g/mol. The van der Waals surface area contributed by atoms with E-state index in [1.165, 1.54) is 22.3 Å². The fourth-order valence-corrected chi connectivity index (χ4v) is 3.76. The summed E-state index contributed by atoms with van der Waals surface area (Å²) < 4.78 is 16.3. The second-order valence-corrected chi connectivity index (χ2v) is 7.79. The number of carbonyl (C=O) groups is 1. The zero-order valence-electron chi connectivity index (χ0n) is 14.2. The maximum Gasteiger partial charge on any atom is 0.307 e. The highest BCUT2D eigenvalue weighted by molar-refractivity contribution is 9.10. The van der Waals surface area contributed by atoms with Crippen LogP contribution in [0.1, 0.15) is 22.6 Å². The van der Waals surface area contributed by atoms with Crippen molar-refractivity contribution in [1.82, 2.24) is 9.47 Å². The van der Waals surface area contributed by atoms with Gasteiger partial charge < -0.3 is 9.47 Å². The second kappa shape index (κ2) is 8.58. The molecule has 0 saturated heterocycles. The molecule has 0 aliphatic rings. The lowest BCUT2D eigenvalue weighted by Crippen LogP contribution is -2.32. The van der Waals surface area contributed by atoms with Crippen molar-refractivity contribution in [2.24, 2.45) is 0 Å². The van der Waals surface area contributed by atoms with Gasteiger partial charge in [0.15, 0.2) is 0 Å². The molecule has 2 rings (SSSR count). The lowest BCUT2D eigenvalue weighted by molar-refractivity contribution is -0.131. The lowest BCUT2D eigenvalue weighted by atomic mass is 10.2. The Hall–Kier alpha value is -1.73. The molecule has 2 aromatic rings. The van der Waals surface area contributed by atoms with Gasteiger partial charge in [-0.3, -0.25) is 9.59 Å². The largest absolute Gasteiger partial charge is 0.334 e. The molecule has 0 spiro atoms. The minimum absolute atomic E-state index is 0.0592. The minimum Gasteiger partial charge on any atom is -0.334 e. The third-order valence-corrected chi connectivity index (χ3v) is 5.49. The number of benzene rings is 1. The molecule has 7 heteroatoms. The highest BCUT2D eigenvalue weighted by atomic mass is 79.9. The van der Waals surface area contributed by atoms with Gasteiger partial charge in [-0.25, -0.2) is 4.39 Å². The van der Waals surface area contributed by atoms with E-state index in [-0.39, 0.29) is 29.6 Å². The normalized spacial score (nSPS) is 10.7. The van der Waals surface area contributed by atoms with Crippen LogP contribution in [0.15, 0.2) is 40.1 Å². The molecule has 4 nitrogen and oxygen atoms in total. The molecule has 1 amide bonds. The Morgan fingerprint density at radius 1 is 1.44 bits per heavy atom. The summed E-state index contributed by atoms with van der Waals surface area (Å²) in [5.41, 5.74) is 1.32. The van der Waals surface area contributed by atoms with Crippen molar-refractivity contribution in [1.29, 1.82) is 0 Å². The van der Waals surface area contributed by atoms with Crippen molar-refractivity contribution in [2.75, 3.05) is 6.54 Å². The van der Waals surface area contributed by atoms with Gasteiger partial charge in [0.25, 0.3) is 0 Å². The fourth-order valence-electron chi connectivity index (χ4n) is 2.49. The van der Waals surface area contributed by atoms with Crippen LogP contribution in [-0.4, -0.2) is 21.9 Å². The molecule has 0 saturated carbocycles. The summed E-state index contributed by atoms with van der Waals surface area (Å²) in [6, 6.07) is 4.65. The topological polar surface area (TPSA) is 42.3 Å².